The Kier molecular flexibility index (Phi) is 7.12. The number of hydrogen-bond acceptors (Lipinski definition) is 4. The van der Waals surface area contributed by atoms with Gasteiger partial charge in [0, 0.05) is 17.8 Å². The van der Waals surface area contributed by atoms with Crippen molar-refractivity contribution in [2.75, 3.05) is 25.4 Å². The zero-order chi connectivity index (χ0) is 15.9. The first-order valence-electron chi connectivity index (χ1n) is 8.14. The molecule has 0 saturated carbocycles. The fraction of sp³-hybridized carbons (Fsp3) is 0.706. The number of nitrogens with one attached hydrogen (secondary N) is 1. The lowest BCUT2D eigenvalue weighted by atomic mass is 9.87. The van der Waals surface area contributed by atoms with Crippen LogP contribution in [0.15, 0.2) is 18.3 Å². The van der Waals surface area contributed by atoms with Crippen molar-refractivity contribution in [1.82, 2.24) is 15.2 Å². The lowest BCUT2D eigenvalue weighted by molar-refractivity contribution is 0.0911. The van der Waals surface area contributed by atoms with Crippen molar-refractivity contribution in [2.24, 2.45) is 0 Å². The minimum Gasteiger partial charge on any atom is -0.384 e. The molecule has 1 atom stereocenters. The molecule has 0 bridgehead atoms. The SMILES string of the molecule is CCCNC(Cc1ccnc(N)c1)C(C)(C)N(CC)CC. The molecular formula is C17H32N4. The number of nitrogen functional groups attached to an aromatic ring is 1. The van der Waals surface area contributed by atoms with Crippen LogP contribution in [-0.4, -0.2) is 41.1 Å². The highest BCUT2D eigenvalue weighted by atomic mass is 15.2. The molecule has 21 heavy (non-hydrogen) atoms. The predicted molar refractivity (Wildman–Crippen MR) is 91.4 cm³/mol. The van der Waals surface area contributed by atoms with E-state index in [2.05, 4.69) is 55.9 Å². The summed E-state index contributed by atoms with van der Waals surface area (Å²) in [7, 11) is 0. The van der Waals surface area contributed by atoms with Gasteiger partial charge in [-0.2, -0.15) is 0 Å². The fourth-order valence-electron chi connectivity index (χ4n) is 3.01. The van der Waals surface area contributed by atoms with Gasteiger partial charge in [-0.15, -0.1) is 0 Å². The van der Waals surface area contributed by atoms with E-state index in [-0.39, 0.29) is 5.54 Å². The van der Waals surface area contributed by atoms with Crippen molar-refractivity contribution in [2.45, 2.75) is 59.0 Å². The molecule has 3 N–H and O–H groups in total. The molecule has 1 aromatic heterocycles. The summed E-state index contributed by atoms with van der Waals surface area (Å²) in [4.78, 5) is 6.60. The van der Waals surface area contributed by atoms with Gasteiger partial charge in [-0.25, -0.2) is 4.98 Å². The molecule has 1 aromatic rings. The quantitative estimate of drug-likeness (QED) is 0.735. The molecule has 0 aliphatic rings. The van der Waals surface area contributed by atoms with Gasteiger partial charge in [0.15, 0.2) is 0 Å². The maximum atomic E-state index is 5.81. The molecule has 0 aliphatic heterocycles. The van der Waals surface area contributed by atoms with Crippen molar-refractivity contribution in [3.8, 4) is 0 Å². The van der Waals surface area contributed by atoms with Crippen LogP contribution < -0.4 is 11.1 Å². The summed E-state index contributed by atoms with van der Waals surface area (Å²) in [6, 6.07) is 4.44. The van der Waals surface area contributed by atoms with Crippen LogP contribution in [0, 0.1) is 0 Å². The Labute approximate surface area is 130 Å². The second-order valence-corrected chi connectivity index (χ2v) is 6.13. The van der Waals surface area contributed by atoms with Gasteiger partial charge in [-0.1, -0.05) is 20.8 Å². The van der Waals surface area contributed by atoms with Crippen molar-refractivity contribution in [1.29, 1.82) is 0 Å². The Bertz CT molecular complexity index is 413. The van der Waals surface area contributed by atoms with Gasteiger partial charge in [0.25, 0.3) is 0 Å². The highest BCUT2D eigenvalue weighted by Gasteiger charge is 2.33. The predicted octanol–water partition coefficient (Wildman–Crippen LogP) is 2.69. The Hall–Kier alpha value is -1.13. The zero-order valence-corrected chi connectivity index (χ0v) is 14.3. The fourth-order valence-corrected chi connectivity index (χ4v) is 3.01. The third-order valence-corrected chi connectivity index (χ3v) is 4.36. The van der Waals surface area contributed by atoms with Crippen LogP contribution in [-0.2, 0) is 6.42 Å². The summed E-state index contributed by atoms with van der Waals surface area (Å²) < 4.78 is 0. The van der Waals surface area contributed by atoms with E-state index in [9.17, 15) is 0 Å². The zero-order valence-electron chi connectivity index (χ0n) is 14.3. The largest absolute Gasteiger partial charge is 0.384 e. The Morgan fingerprint density at radius 2 is 1.95 bits per heavy atom. The first-order chi connectivity index (χ1) is 9.95. The van der Waals surface area contributed by atoms with Crippen LogP contribution in [0.3, 0.4) is 0 Å². The lowest BCUT2D eigenvalue weighted by Crippen LogP contribution is -2.58. The van der Waals surface area contributed by atoms with E-state index < -0.39 is 0 Å². The number of anilines is 1. The number of hydrogen-bond donors (Lipinski definition) is 2. The van der Waals surface area contributed by atoms with Crippen molar-refractivity contribution >= 4 is 5.82 Å². The van der Waals surface area contributed by atoms with E-state index >= 15 is 0 Å². The first-order valence-corrected chi connectivity index (χ1v) is 8.14. The van der Waals surface area contributed by atoms with Crippen molar-refractivity contribution in [3.05, 3.63) is 23.9 Å². The van der Waals surface area contributed by atoms with Gasteiger partial charge in [0.1, 0.15) is 5.82 Å². The third kappa shape index (κ3) is 4.97. The van der Waals surface area contributed by atoms with Crippen LogP contribution >= 0.6 is 0 Å². The monoisotopic (exact) mass is 292 g/mol. The van der Waals surface area contributed by atoms with Gasteiger partial charge >= 0.3 is 0 Å². The molecule has 0 spiro atoms. The standard InChI is InChI=1S/C17H32N4/c1-6-10-19-15(17(4,5)21(7-2)8-3)12-14-9-11-20-16(18)13-14/h9,11,13,15,19H,6-8,10,12H2,1-5H3,(H2,18,20). The van der Waals surface area contributed by atoms with Crippen molar-refractivity contribution < 1.29 is 0 Å². The molecule has 0 aromatic carbocycles. The highest BCUT2D eigenvalue weighted by Crippen LogP contribution is 2.22. The summed E-state index contributed by atoms with van der Waals surface area (Å²) in [5.74, 6) is 0.599. The van der Waals surface area contributed by atoms with Crippen LogP contribution in [0.1, 0.15) is 46.6 Å². The smallest absolute Gasteiger partial charge is 0.123 e. The molecule has 0 amide bonds. The third-order valence-electron chi connectivity index (χ3n) is 4.36. The molecule has 0 radical (unpaired) electrons. The normalized spacial score (nSPS) is 13.6. The maximum Gasteiger partial charge on any atom is 0.123 e. The number of nitrogens with zero attached hydrogens (tertiary/aromatic N) is 2. The van der Waals surface area contributed by atoms with Crippen LogP contribution in [0.4, 0.5) is 5.82 Å². The second kappa shape index (κ2) is 8.35. The molecule has 0 fully saturated rings. The van der Waals surface area contributed by atoms with E-state index in [1.807, 2.05) is 6.07 Å². The molecule has 0 saturated heterocycles. The van der Waals surface area contributed by atoms with Crippen molar-refractivity contribution in [3.63, 3.8) is 0 Å². The molecule has 4 heteroatoms. The first kappa shape index (κ1) is 17.9. The summed E-state index contributed by atoms with van der Waals surface area (Å²) in [5, 5.41) is 3.72. The molecule has 0 aliphatic carbocycles. The minimum atomic E-state index is 0.0940. The van der Waals surface area contributed by atoms with E-state index in [1.165, 1.54) is 5.56 Å². The average Bonchev–Trinajstić information content (AvgIpc) is 2.44. The summed E-state index contributed by atoms with van der Waals surface area (Å²) >= 11 is 0. The highest BCUT2D eigenvalue weighted by molar-refractivity contribution is 5.32. The topological polar surface area (TPSA) is 54.2 Å². The Morgan fingerprint density at radius 1 is 1.29 bits per heavy atom. The second-order valence-electron chi connectivity index (χ2n) is 6.13. The summed E-state index contributed by atoms with van der Waals surface area (Å²) in [6.45, 7) is 14.5. The van der Waals surface area contributed by atoms with Gasteiger partial charge in [0.2, 0.25) is 0 Å². The molecule has 4 nitrogen and oxygen atoms in total. The van der Waals surface area contributed by atoms with Crippen LogP contribution in [0.5, 0.6) is 0 Å². The van der Waals surface area contributed by atoms with Gasteiger partial charge in [0.05, 0.1) is 0 Å². The molecule has 120 valence electrons. The number of pyridine rings is 1. The number of aromatic nitrogens is 1. The summed E-state index contributed by atoms with van der Waals surface area (Å²) in [6.07, 6.45) is 3.91. The van der Waals surface area contributed by atoms with Crippen LogP contribution in [0.2, 0.25) is 0 Å². The van der Waals surface area contributed by atoms with E-state index in [4.69, 9.17) is 5.73 Å². The van der Waals surface area contributed by atoms with E-state index in [1.54, 1.807) is 6.20 Å². The Morgan fingerprint density at radius 3 is 2.48 bits per heavy atom. The average molecular weight is 292 g/mol. The molecular weight excluding hydrogens is 260 g/mol. The van der Waals surface area contributed by atoms with E-state index in [0.717, 1.165) is 32.5 Å². The lowest BCUT2D eigenvalue weighted by Gasteiger charge is -2.44. The number of rotatable bonds is 9. The number of nitrogens with two attached hydrogens (primary N) is 1. The minimum absolute atomic E-state index is 0.0940. The molecule has 1 heterocycles. The maximum absolute atomic E-state index is 5.81. The van der Waals surface area contributed by atoms with Gasteiger partial charge in [-0.05, 0) is 64.0 Å². The Balaban J connectivity index is 2.93. The van der Waals surface area contributed by atoms with Crippen LogP contribution in [0.25, 0.3) is 0 Å². The summed E-state index contributed by atoms with van der Waals surface area (Å²) in [5.41, 5.74) is 7.15. The van der Waals surface area contributed by atoms with Gasteiger partial charge in [-0.3, -0.25) is 4.90 Å². The van der Waals surface area contributed by atoms with Gasteiger partial charge < -0.3 is 11.1 Å². The number of likely N-dealkylation sites (N-methyl/N-ethyl adjacent to an activating group) is 1. The molecule has 1 rings (SSSR count). The molecule has 1 unspecified atom stereocenters. The van der Waals surface area contributed by atoms with E-state index in [0.29, 0.717) is 11.9 Å².